The molecule has 0 rings (SSSR count). The summed E-state index contributed by atoms with van der Waals surface area (Å²) in [5.74, 6) is -0.803. The highest BCUT2D eigenvalue weighted by molar-refractivity contribution is 5.91. The molecule has 0 aromatic rings. The van der Waals surface area contributed by atoms with Gasteiger partial charge in [0, 0.05) is 13.1 Å². The molecule has 0 aromatic carbocycles. The van der Waals surface area contributed by atoms with Crippen molar-refractivity contribution in [2.45, 2.75) is 71.1 Å². The van der Waals surface area contributed by atoms with Gasteiger partial charge in [0.05, 0.1) is 310 Å². The molecule has 0 aromatic heterocycles. The van der Waals surface area contributed by atoms with E-state index in [0.29, 0.717) is 323 Å². The van der Waals surface area contributed by atoms with Gasteiger partial charge < -0.3 is 125 Å². The molecule has 0 bridgehead atoms. The van der Waals surface area contributed by atoms with Gasteiger partial charge in [0.1, 0.15) is 6.29 Å². The van der Waals surface area contributed by atoms with E-state index in [2.05, 4.69) is 12.2 Å². The van der Waals surface area contributed by atoms with Crippen LogP contribution in [0.5, 0.6) is 0 Å². The number of hydrogen-bond donors (Lipinski definition) is 2. The molecule has 27 nitrogen and oxygen atoms in total. The Balaban J connectivity index is 3.15. The average molecular weight is 1300 g/mol. The Morgan fingerprint density at radius 1 is 0.270 bits per heavy atom. The van der Waals surface area contributed by atoms with Gasteiger partial charge in [-0.3, -0.25) is 4.79 Å². The van der Waals surface area contributed by atoms with Gasteiger partial charge in [-0.05, 0) is 6.42 Å². The summed E-state index contributed by atoms with van der Waals surface area (Å²) in [7, 11) is 0. The summed E-state index contributed by atoms with van der Waals surface area (Å²) in [6, 6.07) is 0. The second kappa shape index (κ2) is 82.3. The van der Waals surface area contributed by atoms with Crippen LogP contribution in [0.15, 0.2) is 0 Å². The van der Waals surface area contributed by atoms with Crippen molar-refractivity contribution in [3.8, 4) is 0 Å². The fraction of sp³-hybridized carbons (Fsp3) is 0.968. The van der Waals surface area contributed by atoms with Crippen molar-refractivity contribution in [1.82, 2.24) is 5.32 Å². The van der Waals surface area contributed by atoms with Gasteiger partial charge in [-0.2, -0.15) is 0 Å². The van der Waals surface area contributed by atoms with Gasteiger partial charge in [0.25, 0.3) is 0 Å². The fourth-order valence-electron chi connectivity index (χ4n) is 7.34. The lowest BCUT2D eigenvalue weighted by Crippen LogP contribution is -2.34. The van der Waals surface area contributed by atoms with E-state index in [1.807, 2.05) is 0 Å². The molecule has 0 spiro atoms. The van der Waals surface area contributed by atoms with Crippen LogP contribution in [0.1, 0.15) is 71.1 Å². The predicted octanol–water partition coefficient (Wildman–Crippen LogP) is 3.18. The largest absolute Gasteiger partial charge is 0.378 e. The average Bonchev–Trinajstić information content (AvgIpc) is 3.56. The minimum Gasteiger partial charge on any atom is -0.378 e. The first kappa shape index (κ1) is 87.2. The number of aldehydes is 1. The fourth-order valence-corrected chi connectivity index (χ4v) is 7.34. The molecule has 0 saturated carbocycles. The number of rotatable bonds is 83. The maximum atomic E-state index is 12.3. The van der Waals surface area contributed by atoms with E-state index in [4.69, 9.17) is 115 Å². The van der Waals surface area contributed by atoms with E-state index >= 15 is 0 Å². The molecule has 0 aliphatic rings. The van der Waals surface area contributed by atoms with Crippen molar-refractivity contribution in [2.75, 3.05) is 317 Å². The Labute approximate surface area is 534 Å². The van der Waals surface area contributed by atoms with Crippen molar-refractivity contribution in [1.29, 1.82) is 0 Å². The highest BCUT2D eigenvalue weighted by Gasteiger charge is 2.16. The molecule has 532 valence electrons. The van der Waals surface area contributed by atoms with Crippen LogP contribution in [0, 0.1) is 5.92 Å². The van der Waals surface area contributed by atoms with Crippen molar-refractivity contribution >= 4 is 12.2 Å². The van der Waals surface area contributed by atoms with Gasteiger partial charge in [-0.15, -0.1) is 0 Å². The molecule has 89 heavy (non-hydrogen) atoms. The predicted molar refractivity (Wildman–Crippen MR) is 332 cm³/mol. The van der Waals surface area contributed by atoms with Crippen molar-refractivity contribution in [3.63, 3.8) is 0 Å². The first-order chi connectivity index (χ1) is 44.3. The zero-order valence-corrected chi connectivity index (χ0v) is 55.0. The number of carbonyl (C=O) groups excluding carboxylic acids is 2. The monoisotopic (exact) mass is 1300 g/mol. The van der Waals surface area contributed by atoms with Crippen LogP contribution in [0.25, 0.3) is 0 Å². The zero-order chi connectivity index (χ0) is 63.8. The molecule has 0 fully saturated rings. The van der Waals surface area contributed by atoms with E-state index in [1.165, 1.54) is 44.9 Å². The highest BCUT2D eigenvalue weighted by Crippen LogP contribution is 2.13. The Morgan fingerprint density at radius 3 is 0.618 bits per heavy atom. The quantitative estimate of drug-likeness (QED) is 0.0502. The van der Waals surface area contributed by atoms with Gasteiger partial charge in [0.15, 0.2) is 0 Å². The molecule has 1 atom stereocenters. The second-order valence-corrected chi connectivity index (χ2v) is 19.5. The van der Waals surface area contributed by atoms with Crippen LogP contribution in [-0.4, -0.2) is 329 Å². The number of nitrogens with one attached hydrogen (secondary N) is 1. The summed E-state index contributed by atoms with van der Waals surface area (Å²) in [6.45, 7) is 25.3. The van der Waals surface area contributed by atoms with E-state index < -0.39 is 5.92 Å². The van der Waals surface area contributed by atoms with Gasteiger partial charge in [-0.25, -0.2) is 0 Å². The summed E-state index contributed by atoms with van der Waals surface area (Å²) in [5.41, 5.74) is 5.35. The van der Waals surface area contributed by atoms with Crippen LogP contribution in [-0.2, 0) is 119 Å². The van der Waals surface area contributed by atoms with Crippen molar-refractivity contribution in [3.05, 3.63) is 0 Å². The first-order valence-electron chi connectivity index (χ1n) is 33.0. The molecule has 27 heteroatoms. The van der Waals surface area contributed by atoms with Gasteiger partial charge in [0.2, 0.25) is 5.91 Å². The van der Waals surface area contributed by atoms with Gasteiger partial charge >= 0.3 is 0 Å². The standard InChI is InChI=1S/C62H124N2O25/c1-2-3-4-5-6-7-8-9-10-11-61(60-65)62(66)64-13-15-68-17-19-70-21-23-72-25-27-74-29-31-76-33-35-78-37-39-80-41-43-82-45-47-84-49-51-86-53-55-88-57-59-89-58-56-87-54-52-85-50-48-83-46-44-81-42-40-79-38-36-77-34-32-75-30-28-73-26-24-71-22-20-69-18-16-67-14-12-63/h60-61H,2-59,63H2,1H3,(H,64,66). The maximum absolute atomic E-state index is 12.3. The normalized spacial score (nSPS) is 12.0. The van der Waals surface area contributed by atoms with E-state index in [1.54, 1.807) is 0 Å². The lowest BCUT2D eigenvalue weighted by molar-refractivity contribution is -0.129. The van der Waals surface area contributed by atoms with Crippen LogP contribution in [0.2, 0.25) is 0 Å². The number of amides is 1. The Kier molecular flexibility index (Phi) is 80.6. The topological polar surface area (TPSA) is 284 Å². The van der Waals surface area contributed by atoms with Gasteiger partial charge in [-0.1, -0.05) is 64.7 Å². The van der Waals surface area contributed by atoms with Crippen LogP contribution >= 0.6 is 0 Å². The Hall–Kier alpha value is -1.82. The highest BCUT2D eigenvalue weighted by atomic mass is 16.6. The number of unbranched alkanes of at least 4 members (excludes halogenated alkanes) is 8. The van der Waals surface area contributed by atoms with Crippen LogP contribution < -0.4 is 11.1 Å². The summed E-state index contributed by atoms with van der Waals surface area (Å²) in [4.78, 5) is 23.7. The zero-order valence-electron chi connectivity index (χ0n) is 55.0. The molecule has 0 radical (unpaired) electrons. The maximum Gasteiger partial charge on any atom is 0.230 e. The number of ether oxygens (including phenoxy) is 23. The first-order valence-corrected chi connectivity index (χ1v) is 33.0. The Morgan fingerprint density at radius 2 is 0.438 bits per heavy atom. The minimum absolute atomic E-state index is 0.220. The SMILES string of the molecule is CCCCCCCCCCCC(C=O)C(=O)NCCOCCOCCOCCOCCOCCOCCOCCOCCOCCOCCOCCOCCOCCOCCOCCOCCOCCOCCOCCOCCOCCOCCOCCN. The number of hydrogen-bond acceptors (Lipinski definition) is 26. The van der Waals surface area contributed by atoms with Crippen LogP contribution in [0.4, 0.5) is 0 Å². The molecule has 0 aliphatic heterocycles. The number of carbonyl (C=O) groups is 2. The molecule has 3 N–H and O–H groups in total. The third-order valence-electron chi connectivity index (χ3n) is 12.1. The Bertz CT molecular complexity index is 1320. The van der Waals surface area contributed by atoms with E-state index in [9.17, 15) is 9.59 Å². The smallest absolute Gasteiger partial charge is 0.230 e. The lowest BCUT2D eigenvalue weighted by atomic mass is 10.0. The molecule has 0 saturated heterocycles. The summed E-state index contributed by atoms with van der Waals surface area (Å²) < 4.78 is 126. The molecule has 0 aliphatic carbocycles. The minimum atomic E-state index is -0.583. The summed E-state index contributed by atoms with van der Waals surface area (Å²) in [5, 5.41) is 2.80. The third kappa shape index (κ3) is 78.5. The molecular formula is C62H124N2O25. The van der Waals surface area contributed by atoms with E-state index in [0.717, 1.165) is 19.1 Å². The molecule has 1 unspecified atom stereocenters. The lowest BCUT2D eigenvalue weighted by Gasteiger charge is -2.11. The summed E-state index contributed by atoms with van der Waals surface area (Å²) in [6.07, 6.45) is 12.2. The van der Waals surface area contributed by atoms with Crippen molar-refractivity contribution < 1.29 is 119 Å². The molecule has 0 heterocycles. The summed E-state index contributed by atoms with van der Waals surface area (Å²) >= 11 is 0. The molecular weight excluding hydrogens is 1170 g/mol. The van der Waals surface area contributed by atoms with Crippen molar-refractivity contribution in [2.24, 2.45) is 11.7 Å². The van der Waals surface area contributed by atoms with E-state index in [-0.39, 0.29) is 5.91 Å². The van der Waals surface area contributed by atoms with Crippen LogP contribution in [0.3, 0.4) is 0 Å². The molecule has 1 amide bonds. The third-order valence-corrected chi connectivity index (χ3v) is 12.1. The second-order valence-electron chi connectivity index (χ2n) is 19.5. The number of nitrogens with two attached hydrogens (primary N) is 1.